The van der Waals surface area contributed by atoms with Gasteiger partial charge >= 0.3 is 0 Å². The van der Waals surface area contributed by atoms with Crippen molar-refractivity contribution in [3.63, 3.8) is 0 Å². The van der Waals surface area contributed by atoms with E-state index in [4.69, 9.17) is 9.97 Å². The zero-order chi connectivity index (χ0) is 22.6. The summed E-state index contributed by atoms with van der Waals surface area (Å²) in [6.07, 6.45) is 1.68. The van der Waals surface area contributed by atoms with E-state index in [1.807, 2.05) is 0 Å². The molecule has 1 unspecified atom stereocenters. The number of aliphatic hydroxyl groups excluding tert-OH is 1. The fourth-order valence-corrected chi connectivity index (χ4v) is 4.86. The van der Waals surface area contributed by atoms with Gasteiger partial charge in [-0.3, -0.25) is 0 Å². The highest BCUT2D eigenvalue weighted by atomic mass is 32.2. The van der Waals surface area contributed by atoms with E-state index in [2.05, 4.69) is 39.0 Å². The Kier molecular flexibility index (Phi) is 7.10. The van der Waals surface area contributed by atoms with Crippen LogP contribution in [0.2, 0.25) is 0 Å². The van der Waals surface area contributed by atoms with Gasteiger partial charge in [0.05, 0.1) is 17.6 Å². The molecule has 0 bridgehead atoms. The van der Waals surface area contributed by atoms with Gasteiger partial charge in [-0.25, -0.2) is 18.1 Å². The molecule has 9 nitrogen and oxygen atoms in total. The number of rotatable bonds is 8. The van der Waals surface area contributed by atoms with Crippen molar-refractivity contribution in [3.05, 3.63) is 47.2 Å². The molecule has 1 atom stereocenters. The van der Waals surface area contributed by atoms with Crippen LogP contribution >= 0.6 is 0 Å². The van der Waals surface area contributed by atoms with Crippen LogP contribution in [-0.2, 0) is 23.0 Å². The Balaban J connectivity index is 1.44. The molecule has 2 heterocycles. The van der Waals surface area contributed by atoms with E-state index in [1.165, 1.54) is 0 Å². The minimum atomic E-state index is -3.47. The second-order valence-electron chi connectivity index (χ2n) is 8.32. The number of aromatic nitrogens is 2. The predicted octanol–water partition coefficient (Wildman–Crippen LogP) is 0.730. The molecule has 1 aliphatic carbocycles. The Labute approximate surface area is 189 Å². The summed E-state index contributed by atoms with van der Waals surface area (Å²) in [4.78, 5) is 13.8. The molecule has 1 aromatic heterocycles. The molecule has 2 aromatic rings. The van der Waals surface area contributed by atoms with Crippen molar-refractivity contribution in [2.24, 2.45) is 0 Å². The smallest absolute Gasteiger partial charge is 0.227 e. The maximum atomic E-state index is 12.4. The summed E-state index contributed by atoms with van der Waals surface area (Å²) in [6.45, 7) is 3.87. The highest BCUT2D eigenvalue weighted by molar-refractivity contribution is 7.89. The normalized spacial score (nSPS) is 19.3. The van der Waals surface area contributed by atoms with E-state index in [9.17, 15) is 13.5 Å². The first-order chi connectivity index (χ1) is 15.4. The number of hydrogen-bond donors (Lipinski definition) is 3. The van der Waals surface area contributed by atoms with Crippen LogP contribution in [-0.4, -0.2) is 73.9 Å². The number of likely N-dealkylation sites (N-methyl/N-ethyl adjacent to an activating group) is 1. The molecule has 0 amide bonds. The summed E-state index contributed by atoms with van der Waals surface area (Å²) in [6, 6.07) is 11.0. The SMILES string of the molecule is CN1CCN(c2nc(NCCS(=O)(=O)NCc3c#cccc3)c3c(n2)C(O)CCC3)CC1. The van der Waals surface area contributed by atoms with Gasteiger partial charge < -0.3 is 20.2 Å². The lowest BCUT2D eigenvalue weighted by Crippen LogP contribution is -2.45. The second-order valence-corrected chi connectivity index (χ2v) is 10.2. The predicted molar refractivity (Wildman–Crippen MR) is 123 cm³/mol. The van der Waals surface area contributed by atoms with Gasteiger partial charge in [-0.1, -0.05) is 18.2 Å². The number of nitrogens with one attached hydrogen (secondary N) is 2. The first-order valence-corrected chi connectivity index (χ1v) is 12.7. The molecule has 3 N–H and O–H groups in total. The molecule has 2 aliphatic rings. The minimum absolute atomic E-state index is 0.0886. The molecule has 10 heteroatoms. The molecule has 172 valence electrons. The van der Waals surface area contributed by atoms with Gasteiger partial charge in [0.15, 0.2) is 0 Å². The lowest BCUT2D eigenvalue weighted by molar-refractivity contribution is 0.151. The standard InChI is InChI=1S/C22H30N6O3S/c1-27-11-13-28(14-12-27)22-25-20-18(8-5-9-19(20)29)21(26-22)23-10-15-32(30,31)24-16-17-6-3-2-4-7-17/h2-3,6,19,24,29H,5,8-16H2,1H3,(H,23,25,26). The first kappa shape index (κ1) is 22.7. The lowest BCUT2D eigenvalue weighted by Gasteiger charge is -2.33. The average molecular weight is 459 g/mol. The topological polar surface area (TPSA) is 111 Å². The van der Waals surface area contributed by atoms with Gasteiger partial charge in [-0.2, -0.15) is 4.98 Å². The molecule has 4 rings (SSSR count). The summed E-state index contributed by atoms with van der Waals surface area (Å²) in [7, 11) is -1.39. The summed E-state index contributed by atoms with van der Waals surface area (Å²) in [5.74, 6) is 1.13. The van der Waals surface area contributed by atoms with Crippen molar-refractivity contribution >= 4 is 21.8 Å². The maximum absolute atomic E-state index is 12.4. The number of aliphatic hydroxyl groups is 1. The van der Waals surface area contributed by atoms with Crippen molar-refractivity contribution in [3.8, 4) is 0 Å². The quantitative estimate of drug-likeness (QED) is 0.531. The van der Waals surface area contributed by atoms with Crippen LogP contribution in [0.3, 0.4) is 0 Å². The van der Waals surface area contributed by atoms with E-state index in [0.29, 0.717) is 23.9 Å². The zero-order valence-electron chi connectivity index (χ0n) is 18.3. The molecule has 0 spiro atoms. The van der Waals surface area contributed by atoms with Crippen LogP contribution in [0.15, 0.2) is 18.2 Å². The van der Waals surface area contributed by atoms with Crippen LogP contribution in [0.1, 0.15) is 35.8 Å². The van der Waals surface area contributed by atoms with Gasteiger partial charge in [0.1, 0.15) is 5.82 Å². The molecule has 1 aliphatic heterocycles. The summed E-state index contributed by atoms with van der Waals surface area (Å²) in [5, 5.41) is 13.7. The molecular formula is C22H30N6O3S. The van der Waals surface area contributed by atoms with Crippen molar-refractivity contribution in [1.82, 2.24) is 19.6 Å². The van der Waals surface area contributed by atoms with Crippen LogP contribution < -0.4 is 14.9 Å². The number of sulfonamides is 1. The van der Waals surface area contributed by atoms with Gasteiger partial charge in [0.2, 0.25) is 16.0 Å². The van der Waals surface area contributed by atoms with E-state index in [1.54, 1.807) is 18.2 Å². The van der Waals surface area contributed by atoms with Crippen molar-refractivity contribution < 1.29 is 13.5 Å². The Morgan fingerprint density at radius 2 is 2.06 bits per heavy atom. The monoisotopic (exact) mass is 458 g/mol. The van der Waals surface area contributed by atoms with Crippen LogP contribution in [0.4, 0.5) is 11.8 Å². The molecular weight excluding hydrogens is 428 g/mol. The van der Waals surface area contributed by atoms with E-state index in [0.717, 1.165) is 50.1 Å². The molecule has 32 heavy (non-hydrogen) atoms. The Hall–Kier alpha value is -2.45. The lowest BCUT2D eigenvalue weighted by atomic mass is 9.94. The summed E-state index contributed by atoms with van der Waals surface area (Å²) < 4.78 is 27.4. The highest BCUT2D eigenvalue weighted by Crippen LogP contribution is 2.33. The van der Waals surface area contributed by atoms with Gasteiger partial charge in [-0.15, -0.1) is 0 Å². The minimum Gasteiger partial charge on any atom is -0.387 e. The molecule has 1 aromatic carbocycles. The second kappa shape index (κ2) is 10.0. The fraction of sp³-hybridized carbons (Fsp3) is 0.545. The Morgan fingerprint density at radius 1 is 1.25 bits per heavy atom. The largest absolute Gasteiger partial charge is 0.387 e. The van der Waals surface area contributed by atoms with E-state index >= 15 is 0 Å². The Bertz CT molecular complexity index is 1010. The number of anilines is 2. The number of fused-ring (bicyclic) bond motifs is 1. The van der Waals surface area contributed by atoms with Crippen LogP contribution in [0, 0.1) is 12.1 Å². The number of nitrogens with zero attached hydrogens (tertiary/aromatic N) is 4. The van der Waals surface area contributed by atoms with E-state index in [-0.39, 0.29) is 18.8 Å². The number of piperazine rings is 1. The maximum Gasteiger partial charge on any atom is 0.227 e. The average Bonchev–Trinajstić information content (AvgIpc) is 2.79. The molecule has 1 saturated heterocycles. The molecule has 1 fully saturated rings. The van der Waals surface area contributed by atoms with Crippen LogP contribution in [0.5, 0.6) is 0 Å². The third-order valence-electron chi connectivity index (χ3n) is 5.89. The summed E-state index contributed by atoms with van der Waals surface area (Å²) in [5.41, 5.74) is 2.29. The van der Waals surface area contributed by atoms with Gasteiger partial charge in [0, 0.05) is 50.4 Å². The third-order valence-corrected chi connectivity index (χ3v) is 7.21. The fourth-order valence-electron chi connectivity index (χ4n) is 3.97. The first-order valence-electron chi connectivity index (χ1n) is 11.0. The Morgan fingerprint density at radius 3 is 2.81 bits per heavy atom. The summed E-state index contributed by atoms with van der Waals surface area (Å²) >= 11 is 0. The number of hydrogen-bond acceptors (Lipinski definition) is 8. The molecule has 0 saturated carbocycles. The highest BCUT2D eigenvalue weighted by Gasteiger charge is 2.27. The van der Waals surface area contributed by atoms with Crippen LogP contribution in [0.25, 0.3) is 0 Å². The van der Waals surface area contributed by atoms with Crippen molar-refractivity contribution in [1.29, 1.82) is 0 Å². The zero-order valence-corrected chi connectivity index (χ0v) is 19.2. The van der Waals surface area contributed by atoms with Crippen molar-refractivity contribution in [2.75, 3.05) is 55.7 Å². The van der Waals surface area contributed by atoms with Crippen molar-refractivity contribution in [2.45, 2.75) is 31.9 Å². The van der Waals surface area contributed by atoms with E-state index < -0.39 is 16.1 Å². The van der Waals surface area contributed by atoms with Gasteiger partial charge in [0.25, 0.3) is 0 Å². The van der Waals surface area contributed by atoms with Gasteiger partial charge in [-0.05, 0) is 38.4 Å². The molecule has 0 radical (unpaired) electrons. The third kappa shape index (κ3) is 5.66.